The maximum atomic E-state index is 11.9. The van der Waals surface area contributed by atoms with Gasteiger partial charge < -0.3 is 38.9 Å². The van der Waals surface area contributed by atoms with Gasteiger partial charge in [0.05, 0.1) is 13.2 Å². The average Bonchev–Trinajstić information content (AvgIpc) is 2.89. The lowest BCUT2D eigenvalue weighted by atomic mass is 9.90. The first-order valence-electron chi connectivity index (χ1n) is 11.5. The van der Waals surface area contributed by atoms with Crippen molar-refractivity contribution in [2.75, 3.05) is 34.0 Å². The van der Waals surface area contributed by atoms with E-state index in [2.05, 4.69) is 5.09 Å². The molecule has 5 N–H and O–H groups in total. The van der Waals surface area contributed by atoms with Crippen LogP contribution < -0.4 is 9.82 Å². The second kappa shape index (κ2) is 13.3. The highest BCUT2D eigenvalue weighted by Gasteiger charge is 2.44. The molecule has 1 heterocycles. The van der Waals surface area contributed by atoms with E-state index in [-0.39, 0.29) is 0 Å². The predicted octanol–water partition coefficient (Wildman–Crippen LogP) is 2.21. The summed E-state index contributed by atoms with van der Waals surface area (Å²) >= 11 is 6.41. The SMILES string of the molecule is COP(=O)(NCCCOc1ccc(Cc2cc(C3OC(CO)C(O)C(O)C3O)ccc2Cl)cc1)OC. The Kier molecular flexibility index (Phi) is 10.7. The number of halogens is 1. The minimum Gasteiger partial charge on any atom is -0.494 e. The van der Waals surface area contributed by atoms with Crippen molar-refractivity contribution in [2.45, 2.75) is 43.4 Å². The molecule has 200 valence electrons. The highest BCUT2D eigenvalue weighted by atomic mass is 35.5. The lowest BCUT2D eigenvalue weighted by Crippen LogP contribution is -2.55. The molecule has 12 heteroatoms. The third kappa shape index (κ3) is 7.26. The number of ether oxygens (including phenoxy) is 2. The molecule has 1 saturated heterocycles. The molecule has 0 aromatic heterocycles. The van der Waals surface area contributed by atoms with Gasteiger partial charge in [-0.05, 0) is 47.7 Å². The minimum absolute atomic E-state index is 0.403. The molecule has 0 bridgehead atoms. The Balaban J connectivity index is 1.59. The number of benzene rings is 2. The number of aliphatic hydroxyl groups is 4. The van der Waals surface area contributed by atoms with Crippen molar-refractivity contribution in [2.24, 2.45) is 0 Å². The number of nitrogens with one attached hydrogen (secondary N) is 1. The van der Waals surface area contributed by atoms with Crippen LogP contribution >= 0.6 is 19.3 Å². The topological polar surface area (TPSA) is 147 Å². The molecular formula is C24H33ClNO9P. The van der Waals surface area contributed by atoms with Gasteiger partial charge in [0.1, 0.15) is 36.3 Å². The predicted molar refractivity (Wildman–Crippen MR) is 133 cm³/mol. The van der Waals surface area contributed by atoms with Crippen LogP contribution in [0, 0.1) is 0 Å². The van der Waals surface area contributed by atoms with Crippen LogP contribution in [0.2, 0.25) is 5.02 Å². The van der Waals surface area contributed by atoms with Crippen molar-refractivity contribution in [3.8, 4) is 5.75 Å². The lowest BCUT2D eigenvalue weighted by molar-refractivity contribution is -0.231. The zero-order chi connectivity index (χ0) is 26.3. The van der Waals surface area contributed by atoms with Crippen molar-refractivity contribution in [1.82, 2.24) is 5.09 Å². The summed E-state index contributed by atoms with van der Waals surface area (Å²) in [6.07, 6.45) is -5.05. The van der Waals surface area contributed by atoms with Gasteiger partial charge in [0.15, 0.2) is 0 Å². The van der Waals surface area contributed by atoms with Crippen molar-refractivity contribution in [1.29, 1.82) is 0 Å². The monoisotopic (exact) mass is 545 g/mol. The van der Waals surface area contributed by atoms with E-state index in [4.69, 9.17) is 30.1 Å². The van der Waals surface area contributed by atoms with E-state index >= 15 is 0 Å². The van der Waals surface area contributed by atoms with Crippen LogP contribution in [0.5, 0.6) is 5.75 Å². The molecule has 1 fully saturated rings. The third-order valence-electron chi connectivity index (χ3n) is 5.98. The van der Waals surface area contributed by atoms with Gasteiger partial charge in [-0.1, -0.05) is 35.9 Å². The maximum absolute atomic E-state index is 11.9. The van der Waals surface area contributed by atoms with Gasteiger partial charge in [0, 0.05) is 25.8 Å². The first-order chi connectivity index (χ1) is 17.2. The van der Waals surface area contributed by atoms with E-state index in [1.165, 1.54) is 14.2 Å². The molecule has 0 saturated carbocycles. The molecule has 36 heavy (non-hydrogen) atoms. The van der Waals surface area contributed by atoms with E-state index in [0.717, 1.165) is 11.1 Å². The fourth-order valence-corrected chi connectivity index (χ4v) is 4.91. The summed E-state index contributed by atoms with van der Waals surface area (Å²) in [5, 5.41) is 43.3. The van der Waals surface area contributed by atoms with E-state index in [1.807, 2.05) is 24.3 Å². The van der Waals surface area contributed by atoms with Gasteiger partial charge in [0.25, 0.3) is 0 Å². The van der Waals surface area contributed by atoms with Crippen LogP contribution in [-0.4, -0.2) is 78.8 Å². The van der Waals surface area contributed by atoms with Crippen LogP contribution in [0.15, 0.2) is 42.5 Å². The molecule has 5 unspecified atom stereocenters. The summed E-state index contributed by atoms with van der Waals surface area (Å²) in [4.78, 5) is 0. The van der Waals surface area contributed by atoms with E-state index in [9.17, 15) is 25.0 Å². The van der Waals surface area contributed by atoms with E-state index in [0.29, 0.717) is 42.3 Å². The summed E-state index contributed by atoms with van der Waals surface area (Å²) in [5.41, 5.74) is 2.33. The van der Waals surface area contributed by atoms with Crippen molar-refractivity contribution in [3.05, 3.63) is 64.2 Å². The molecular weight excluding hydrogens is 513 g/mol. The molecule has 0 radical (unpaired) electrons. The van der Waals surface area contributed by atoms with Crippen LogP contribution in [0.3, 0.4) is 0 Å². The average molecular weight is 546 g/mol. The summed E-state index contributed by atoms with van der Waals surface area (Å²) < 4.78 is 32.9. The fourth-order valence-electron chi connectivity index (χ4n) is 3.89. The zero-order valence-electron chi connectivity index (χ0n) is 20.1. The third-order valence-corrected chi connectivity index (χ3v) is 7.93. The standard InChI is InChI=1S/C24H33ClNO9P/c1-32-36(31,33-2)26-10-3-11-34-18-7-4-15(5-8-18)12-17-13-16(6-9-19(17)25)24-23(30)22(29)21(28)20(14-27)35-24/h4-9,13,20-24,27-30H,3,10-12,14H2,1-2H3,(H,26,31). The van der Waals surface area contributed by atoms with Gasteiger partial charge in [-0.3, -0.25) is 0 Å². The van der Waals surface area contributed by atoms with Gasteiger partial charge in [-0.15, -0.1) is 0 Å². The molecule has 1 aliphatic heterocycles. The smallest absolute Gasteiger partial charge is 0.404 e. The second-order valence-electron chi connectivity index (χ2n) is 8.39. The summed E-state index contributed by atoms with van der Waals surface area (Å²) in [7, 11) is -0.610. The fraction of sp³-hybridized carbons (Fsp3) is 0.500. The molecule has 10 nitrogen and oxygen atoms in total. The first kappa shape index (κ1) is 29.0. The molecule has 0 aliphatic carbocycles. The van der Waals surface area contributed by atoms with Crippen molar-refractivity contribution < 1.29 is 43.5 Å². The Morgan fingerprint density at radius 3 is 2.36 bits per heavy atom. The summed E-state index contributed by atoms with van der Waals surface area (Å²) in [5.74, 6) is 0.682. The van der Waals surface area contributed by atoms with Gasteiger partial charge in [-0.2, -0.15) is 0 Å². The van der Waals surface area contributed by atoms with Crippen molar-refractivity contribution >= 4 is 19.3 Å². The molecule has 0 spiro atoms. The van der Waals surface area contributed by atoms with Gasteiger partial charge in [-0.25, -0.2) is 9.65 Å². The van der Waals surface area contributed by atoms with Crippen LogP contribution in [0.25, 0.3) is 0 Å². The lowest BCUT2D eigenvalue weighted by Gasteiger charge is -2.40. The number of rotatable bonds is 12. The highest BCUT2D eigenvalue weighted by Crippen LogP contribution is 2.41. The van der Waals surface area contributed by atoms with E-state index < -0.39 is 44.9 Å². The van der Waals surface area contributed by atoms with Crippen LogP contribution in [0.1, 0.15) is 29.2 Å². The highest BCUT2D eigenvalue weighted by molar-refractivity contribution is 7.51. The number of hydrogen-bond acceptors (Lipinski definition) is 9. The molecule has 0 amide bonds. The Labute approximate surface area is 215 Å². The Bertz CT molecular complexity index is 1020. The second-order valence-corrected chi connectivity index (χ2v) is 10.8. The van der Waals surface area contributed by atoms with Gasteiger partial charge >= 0.3 is 7.75 Å². The first-order valence-corrected chi connectivity index (χ1v) is 13.4. The zero-order valence-corrected chi connectivity index (χ0v) is 21.8. The molecule has 2 aromatic rings. The van der Waals surface area contributed by atoms with Crippen LogP contribution in [-0.2, 0) is 24.8 Å². The van der Waals surface area contributed by atoms with E-state index in [1.54, 1.807) is 18.2 Å². The maximum Gasteiger partial charge on any atom is 0.404 e. The minimum atomic E-state index is -3.24. The number of aliphatic hydroxyl groups excluding tert-OH is 4. The van der Waals surface area contributed by atoms with Crippen LogP contribution in [0.4, 0.5) is 0 Å². The Morgan fingerprint density at radius 2 is 1.72 bits per heavy atom. The number of hydrogen-bond donors (Lipinski definition) is 5. The molecule has 5 atom stereocenters. The Morgan fingerprint density at radius 1 is 1.03 bits per heavy atom. The summed E-state index contributed by atoms with van der Waals surface area (Å²) in [6, 6.07) is 12.7. The van der Waals surface area contributed by atoms with Gasteiger partial charge in [0.2, 0.25) is 0 Å². The molecule has 2 aromatic carbocycles. The molecule has 3 rings (SSSR count). The van der Waals surface area contributed by atoms with Crippen molar-refractivity contribution in [3.63, 3.8) is 0 Å². The molecule has 1 aliphatic rings. The largest absolute Gasteiger partial charge is 0.494 e. The normalized spacial score (nSPS) is 24.6. The Hall–Kier alpha value is -1.56. The quantitative estimate of drug-likeness (QED) is 0.199. The summed E-state index contributed by atoms with van der Waals surface area (Å²) in [6.45, 7) is 0.320.